The van der Waals surface area contributed by atoms with Crippen LogP contribution in [0.5, 0.6) is 0 Å². The van der Waals surface area contributed by atoms with Gasteiger partial charge < -0.3 is 0 Å². The molecular weight excluding hydrogens is 146 g/mol. The van der Waals surface area contributed by atoms with E-state index in [0.717, 1.165) is 5.57 Å². The fourth-order valence-corrected chi connectivity index (χ4v) is 1.09. The molecule has 0 aliphatic heterocycles. The van der Waals surface area contributed by atoms with Crippen molar-refractivity contribution in [1.29, 1.82) is 0 Å². The first kappa shape index (κ1) is 8.44. The fraction of sp³-hybridized carbons (Fsp3) is 0.556. The molecule has 0 N–H and O–H groups in total. The Bertz CT molecular complexity index is 202. The van der Waals surface area contributed by atoms with Crippen molar-refractivity contribution < 1.29 is 8.78 Å². The molecule has 0 amide bonds. The molecule has 0 radical (unpaired) electrons. The van der Waals surface area contributed by atoms with E-state index in [1.807, 2.05) is 13.8 Å². The molecule has 1 aliphatic carbocycles. The molecule has 2 heteroatoms. The molecular formula is C9H12F2. The molecule has 11 heavy (non-hydrogen) atoms. The number of hydrogen-bond donors (Lipinski definition) is 0. The van der Waals surface area contributed by atoms with Gasteiger partial charge >= 0.3 is 0 Å². The highest BCUT2D eigenvalue weighted by Crippen LogP contribution is 2.26. The number of hydrogen-bond acceptors (Lipinski definition) is 0. The van der Waals surface area contributed by atoms with Crippen LogP contribution in [0.15, 0.2) is 23.6 Å². The van der Waals surface area contributed by atoms with E-state index in [2.05, 4.69) is 0 Å². The van der Waals surface area contributed by atoms with Gasteiger partial charge in [0.1, 0.15) is 5.83 Å². The van der Waals surface area contributed by atoms with Crippen LogP contribution in [0.4, 0.5) is 8.78 Å². The van der Waals surface area contributed by atoms with Gasteiger partial charge in [0.2, 0.25) is 0 Å². The summed E-state index contributed by atoms with van der Waals surface area (Å²) in [7, 11) is 0. The van der Waals surface area contributed by atoms with Gasteiger partial charge in [-0.05, 0) is 12.0 Å². The Morgan fingerprint density at radius 2 is 2.09 bits per heavy atom. The van der Waals surface area contributed by atoms with Crippen LogP contribution >= 0.6 is 0 Å². The molecule has 0 heterocycles. The maximum Gasteiger partial charge on any atom is 0.155 e. The van der Waals surface area contributed by atoms with Crippen molar-refractivity contribution in [3.8, 4) is 0 Å². The van der Waals surface area contributed by atoms with Crippen molar-refractivity contribution in [3.63, 3.8) is 0 Å². The minimum Gasteiger partial charge on any atom is -0.239 e. The zero-order chi connectivity index (χ0) is 8.43. The van der Waals surface area contributed by atoms with E-state index in [1.165, 1.54) is 6.08 Å². The summed E-state index contributed by atoms with van der Waals surface area (Å²) in [6.07, 6.45) is 1.72. The SMILES string of the molecule is CC(C)C1=CC=C(F)C(F)C1. The first-order valence-electron chi connectivity index (χ1n) is 3.81. The monoisotopic (exact) mass is 158 g/mol. The highest BCUT2D eigenvalue weighted by molar-refractivity contribution is 5.25. The third-order valence-corrected chi connectivity index (χ3v) is 1.91. The van der Waals surface area contributed by atoms with Crippen molar-refractivity contribution >= 4 is 0 Å². The topological polar surface area (TPSA) is 0 Å². The number of alkyl halides is 1. The van der Waals surface area contributed by atoms with Gasteiger partial charge in [-0.25, -0.2) is 8.78 Å². The first-order valence-corrected chi connectivity index (χ1v) is 3.81. The summed E-state index contributed by atoms with van der Waals surface area (Å²) >= 11 is 0. The predicted molar refractivity (Wildman–Crippen MR) is 41.6 cm³/mol. The van der Waals surface area contributed by atoms with Gasteiger partial charge in [0, 0.05) is 6.42 Å². The summed E-state index contributed by atoms with van der Waals surface area (Å²) < 4.78 is 25.2. The molecule has 0 spiro atoms. The first-order chi connectivity index (χ1) is 5.11. The Hall–Kier alpha value is -0.660. The van der Waals surface area contributed by atoms with Gasteiger partial charge in [0.05, 0.1) is 0 Å². The van der Waals surface area contributed by atoms with E-state index in [1.54, 1.807) is 6.08 Å². The Balaban J connectivity index is 2.73. The van der Waals surface area contributed by atoms with Crippen LogP contribution in [-0.4, -0.2) is 6.17 Å². The summed E-state index contributed by atoms with van der Waals surface area (Å²) in [5, 5.41) is 0. The van der Waals surface area contributed by atoms with Crippen LogP contribution in [0.1, 0.15) is 20.3 Å². The second kappa shape index (κ2) is 3.16. The highest BCUT2D eigenvalue weighted by atomic mass is 19.2. The van der Waals surface area contributed by atoms with Gasteiger partial charge in [0.25, 0.3) is 0 Å². The molecule has 0 saturated carbocycles. The molecule has 1 unspecified atom stereocenters. The van der Waals surface area contributed by atoms with Crippen LogP contribution in [0, 0.1) is 5.92 Å². The third kappa shape index (κ3) is 1.88. The van der Waals surface area contributed by atoms with Crippen LogP contribution in [0.3, 0.4) is 0 Å². The van der Waals surface area contributed by atoms with E-state index in [-0.39, 0.29) is 6.42 Å². The third-order valence-electron chi connectivity index (χ3n) is 1.91. The van der Waals surface area contributed by atoms with Gasteiger partial charge in [-0.15, -0.1) is 0 Å². The van der Waals surface area contributed by atoms with Crippen molar-refractivity contribution in [1.82, 2.24) is 0 Å². The zero-order valence-corrected chi connectivity index (χ0v) is 6.77. The summed E-state index contributed by atoms with van der Waals surface area (Å²) in [6, 6.07) is 0. The van der Waals surface area contributed by atoms with Crippen molar-refractivity contribution in [3.05, 3.63) is 23.6 Å². The largest absolute Gasteiger partial charge is 0.239 e. The quantitative estimate of drug-likeness (QED) is 0.549. The van der Waals surface area contributed by atoms with Crippen LogP contribution in [-0.2, 0) is 0 Å². The van der Waals surface area contributed by atoms with E-state index in [9.17, 15) is 8.78 Å². The Morgan fingerprint density at radius 1 is 1.45 bits per heavy atom. The molecule has 0 saturated heterocycles. The Labute approximate surface area is 65.6 Å². The van der Waals surface area contributed by atoms with E-state index >= 15 is 0 Å². The summed E-state index contributed by atoms with van der Waals surface area (Å²) in [5.74, 6) is -0.327. The molecule has 0 aromatic heterocycles. The average Bonchev–Trinajstić information content (AvgIpc) is 1.94. The number of rotatable bonds is 1. The second-order valence-electron chi connectivity index (χ2n) is 3.12. The summed E-state index contributed by atoms with van der Waals surface area (Å²) in [6.45, 7) is 3.96. The molecule has 1 rings (SSSR count). The van der Waals surface area contributed by atoms with Crippen molar-refractivity contribution in [2.75, 3.05) is 0 Å². The standard InChI is InChI=1S/C9H12F2/c1-6(2)7-3-4-8(10)9(11)5-7/h3-4,6,9H,5H2,1-2H3. The summed E-state index contributed by atoms with van der Waals surface area (Å²) in [4.78, 5) is 0. The average molecular weight is 158 g/mol. The molecule has 0 fully saturated rings. The lowest BCUT2D eigenvalue weighted by Gasteiger charge is -2.16. The maximum absolute atomic E-state index is 12.7. The van der Waals surface area contributed by atoms with Gasteiger partial charge in [-0.2, -0.15) is 0 Å². The smallest absolute Gasteiger partial charge is 0.155 e. The molecule has 0 bridgehead atoms. The predicted octanol–water partition coefficient (Wildman–Crippen LogP) is 3.16. The zero-order valence-electron chi connectivity index (χ0n) is 6.77. The molecule has 0 aromatic rings. The number of allylic oxidation sites excluding steroid dienone is 4. The van der Waals surface area contributed by atoms with E-state index in [0.29, 0.717) is 5.92 Å². The van der Waals surface area contributed by atoms with Crippen LogP contribution in [0.2, 0.25) is 0 Å². The molecule has 1 atom stereocenters. The van der Waals surface area contributed by atoms with Crippen LogP contribution < -0.4 is 0 Å². The van der Waals surface area contributed by atoms with Gasteiger partial charge in [-0.1, -0.05) is 25.5 Å². The lowest BCUT2D eigenvalue weighted by Crippen LogP contribution is -2.09. The lowest BCUT2D eigenvalue weighted by atomic mass is 9.93. The number of halogens is 2. The summed E-state index contributed by atoms with van der Waals surface area (Å²) in [5.41, 5.74) is 0.985. The Kier molecular flexibility index (Phi) is 2.42. The minimum atomic E-state index is -1.41. The van der Waals surface area contributed by atoms with Crippen molar-refractivity contribution in [2.45, 2.75) is 26.4 Å². The molecule has 0 aromatic carbocycles. The Morgan fingerprint density at radius 3 is 2.55 bits per heavy atom. The molecule has 1 aliphatic rings. The molecule has 62 valence electrons. The fourth-order valence-electron chi connectivity index (χ4n) is 1.09. The molecule has 0 nitrogen and oxygen atoms in total. The maximum atomic E-state index is 12.7. The van der Waals surface area contributed by atoms with E-state index in [4.69, 9.17) is 0 Å². The highest BCUT2D eigenvalue weighted by Gasteiger charge is 2.19. The normalized spacial score (nSPS) is 25.0. The van der Waals surface area contributed by atoms with Crippen LogP contribution in [0.25, 0.3) is 0 Å². The van der Waals surface area contributed by atoms with Gasteiger partial charge in [0.15, 0.2) is 6.17 Å². The van der Waals surface area contributed by atoms with E-state index < -0.39 is 12.0 Å². The second-order valence-corrected chi connectivity index (χ2v) is 3.12. The van der Waals surface area contributed by atoms with Gasteiger partial charge in [-0.3, -0.25) is 0 Å². The lowest BCUT2D eigenvalue weighted by molar-refractivity contribution is 0.314. The minimum absolute atomic E-state index is 0.222. The van der Waals surface area contributed by atoms with Crippen molar-refractivity contribution in [2.24, 2.45) is 5.92 Å².